The van der Waals surface area contributed by atoms with Gasteiger partial charge in [-0.15, -0.1) is 10.2 Å². The molecule has 1 fully saturated rings. The summed E-state index contributed by atoms with van der Waals surface area (Å²) in [6.07, 6.45) is 1.99. The van der Waals surface area contributed by atoms with Crippen LogP contribution in [0.2, 0.25) is 0 Å². The van der Waals surface area contributed by atoms with Crippen molar-refractivity contribution in [1.82, 2.24) is 15.1 Å². The van der Waals surface area contributed by atoms with Gasteiger partial charge in [0.25, 0.3) is 0 Å². The van der Waals surface area contributed by atoms with E-state index >= 15 is 0 Å². The molecule has 3 rings (SSSR count). The van der Waals surface area contributed by atoms with E-state index < -0.39 is 5.60 Å². The summed E-state index contributed by atoms with van der Waals surface area (Å²) in [5.74, 6) is 0.674. The Morgan fingerprint density at radius 2 is 2.00 bits per heavy atom. The van der Waals surface area contributed by atoms with Crippen LogP contribution in [0.3, 0.4) is 0 Å². The number of nitrogens with zero attached hydrogens (tertiary/aromatic N) is 3. The largest absolute Gasteiger partial charge is 0.497 e. The summed E-state index contributed by atoms with van der Waals surface area (Å²) in [7, 11) is 1.62. The molecule has 1 saturated heterocycles. The van der Waals surface area contributed by atoms with Crippen molar-refractivity contribution in [3.8, 4) is 5.75 Å². The standard InChI is InChI=1S/C18H24N4O3S/c1-3-16-20-21-17(26-16)19-15(23)12-22-10-8-18(24,9-11-22)13-4-6-14(25-2)7-5-13/h4-7,24H,3,8-12H2,1-2H3,(H,19,21,23). The van der Waals surface area contributed by atoms with E-state index in [1.165, 1.54) is 11.3 Å². The maximum atomic E-state index is 12.2. The Balaban J connectivity index is 1.51. The van der Waals surface area contributed by atoms with Crippen molar-refractivity contribution in [2.24, 2.45) is 0 Å². The molecule has 1 aliphatic heterocycles. The second kappa shape index (κ2) is 8.11. The molecule has 2 N–H and O–H groups in total. The van der Waals surface area contributed by atoms with E-state index in [1.54, 1.807) is 7.11 Å². The summed E-state index contributed by atoms with van der Waals surface area (Å²) in [5, 5.41) is 23.1. The van der Waals surface area contributed by atoms with Crippen LogP contribution >= 0.6 is 11.3 Å². The number of carbonyl (C=O) groups is 1. The first kappa shape index (κ1) is 18.8. The quantitative estimate of drug-likeness (QED) is 0.802. The monoisotopic (exact) mass is 376 g/mol. The number of benzene rings is 1. The number of aryl methyl sites for hydroxylation is 1. The van der Waals surface area contributed by atoms with E-state index in [9.17, 15) is 9.90 Å². The Kier molecular flexibility index (Phi) is 5.85. The second-order valence-electron chi connectivity index (χ2n) is 6.44. The molecule has 0 spiro atoms. The van der Waals surface area contributed by atoms with E-state index in [0.717, 1.165) is 22.7 Å². The molecule has 7 nitrogen and oxygen atoms in total. The average molecular weight is 376 g/mol. The number of amides is 1. The summed E-state index contributed by atoms with van der Waals surface area (Å²) in [4.78, 5) is 14.2. The minimum atomic E-state index is -0.853. The molecule has 1 aliphatic rings. The van der Waals surface area contributed by atoms with Gasteiger partial charge in [0.15, 0.2) is 0 Å². The van der Waals surface area contributed by atoms with E-state index in [4.69, 9.17) is 4.74 Å². The van der Waals surface area contributed by atoms with Crippen LogP contribution in [-0.4, -0.2) is 52.9 Å². The van der Waals surface area contributed by atoms with Crippen LogP contribution in [0.25, 0.3) is 0 Å². The molecule has 0 bridgehead atoms. The van der Waals surface area contributed by atoms with Crippen molar-refractivity contribution < 1.29 is 14.6 Å². The van der Waals surface area contributed by atoms with E-state index in [0.29, 0.717) is 37.6 Å². The highest BCUT2D eigenvalue weighted by Crippen LogP contribution is 2.33. The lowest BCUT2D eigenvalue weighted by Gasteiger charge is -2.38. The number of likely N-dealkylation sites (tertiary alicyclic amines) is 1. The number of hydrogen-bond donors (Lipinski definition) is 2. The third-order valence-corrected chi connectivity index (χ3v) is 5.68. The first-order valence-corrected chi connectivity index (χ1v) is 9.55. The Hall–Kier alpha value is -2.03. The Morgan fingerprint density at radius 3 is 2.58 bits per heavy atom. The van der Waals surface area contributed by atoms with Crippen molar-refractivity contribution in [3.63, 3.8) is 0 Å². The molecule has 1 aromatic heterocycles. The molecule has 2 heterocycles. The zero-order chi connectivity index (χ0) is 18.6. The Bertz CT molecular complexity index is 739. The number of aromatic nitrogens is 2. The Morgan fingerprint density at radius 1 is 1.31 bits per heavy atom. The minimum Gasteiger partial charge on any atom is -0.497 e. The van der Waals surface area contributed by atoms with Gasteiger partial charge in [-0.2, -0.15) is 0 Å². The van der Waals surface area contributed by atoms with Crippen LogP contribution in [0.1, 0.15) is 30.3 Å². The summed E-state index contributed by atoms with van der Waals surface area (Å²) >= 11 is 1.40. The topological polar surface area (TPSA) is 87.6 Å². The lowest BCUT2D eigenvalue weighted by atomic mass is 9.84. The zero-order valence-corrected chi connectivity index (χ0v) is 15.9. The lowest BCUT2D eigenvalue weighted by molar-refractivity contribution is -0.118. The number of rotatable bonds is 6. The van der Waals surface area contributed by atoms with Crippen LogP contribution < -0.4 is 10.1 Å². The lowest BCUT2D eigenvalue weighted by Crippen LogP contribution is -2.45. The maximum absolute atomic E-state index is 12.2. The van der Waals surface area contributed by atoms with Crippen LogP contribution in [0.15, 0.2) is 24.3 Å². The van der Waals surface area contributed by atoms with E-state index in [-0.39, 0.29) is 5.91 Å². The number of methoxy groups -OCH3 is 1. The third kappa shape index (κ3) is 4.38. The first-order valence-electron chi connectivity index (χ1n) is 8.74. The molecule has 0 aliphatic carbocycles. The molecule has 2 aromatic rings. The summed E-state index contributed by atoms with van der Waals surface area (Å²) in [6, 6.07) is 7.53. The van der Waals surface area contributed by atoms with Gasteiger partial charge >= 0.3 is 0 Å². The third-order valence-electron chi connectivity index (χ3n) is 4.69. The molecule has 0 radical (unpaired) electrons. The van der Waals surface area contributed by atoms with Gasteiger partial charge < -0.3 is 9.84 Å². The minimum absolute atomic E-state index is 0.0984. The summed E-state index contributed by atoms with van der Waals surface area (Å²) < 4.78 is 5.16. The zero-order valence-electron chi connectivity index (χ0n) is 15.1. The van der Waals surface area contributed by atoms with Crippen molar-refractivity contribution in [1.29, 1.82) is 0 Å². The van der Waals surface area contributed by atoms with Gasteiger partial charge in [0.05, 0.1) is 19.3 Å². The molecule has 0 saturated carbocycles. The fraction of sp³-hybridized carbons (Fsp3) is 0.500. The molecule has 26 heavy (non-hydrogen) atoms. The highest BCUT2D eigenvalue weighted by atomic mass is 32.1. The fourth-order valence-corrected chi connectivity index (χ4v) is 3.78. The Labute approximate surface area is 157 Å². The van der Waals surface area contributed by atoms with Gasteiger partial charge in [-0.3, -0.25) is 15.0 Å². The summed E-state index contributed by atoms with van der Waals surface area (Å²) in [6.45, 7) is 3.61. The molecule has 0 unspecified atom stereocenters. The molecular formula is C18H24N4O3S. The number of hydrogen-bond acceptors (Lipinski definition) is 7. The highest BCUT2D eigenvalue weighted by molar-refractivity contribution is 7.15. The van der Waals surface area contributed by atoms with Gasteiger partial charge in [0, 0.05) is 13.1 Å². The van der Waals surface area contributed by atoms with Gasteiger partial charge in [-0.25, -0.2) is 0 Å². The van der Waals surface area contributed by atoms with Crippen LogP contribution in [0.5, 0.6) is 5.75 Å². The van der Waals surface area contributed by atoms with Crippen LogP contribution in [-0.2, 0) is 16.8 Å². The highest BCUT2D eigenvalue weighted by Gasteiger charge is 2.34. The fourth-order valence-electron chi connectivity index (χ4n) is 3.08. The van der Waals surface area contributed by atoms with Gasteiger partial charge in [0.2, 0.25) is 11.0 Å². The molecule has 0 atom stereocenters. The number of piperidine rings is 1. The molecule has 8 heteroatoms. The number of aliphatic hydroxyl groups is 1. The normalized spacial score (nSPS) is 17.0. The van der Waals surface area contributed by atoms with Crippen LogP contribution in [0.4, 0.5) is 5.13 Å². The van der Waals surface area contributed by atoms with Crippen molar-refractivity contribution in [2.45, 2.75) is 31.8 Å². The predicted octanol–water partition coefficient (Wildman–Crippen LogP) is 2.03. The van der Waals surface area contributed by atoms with Crippen LogP contribution in [0, 0.1) is 0 Å². The average Bonchev–Trinajstić information content (AvgIpc) is 3.11. The van der Waals surface area contributed by atoms with Gasteiger partial charge in [-0.1, -0.05) is 30.4 Å². The van der Waals surface area contributed by atoms with Crippen molar-refractivity contribution in [3.05, 3.63) is 34.8 Å². The predicted molar refractivity (Wildman–Crippen MR) is 100 cm³/mol. The van der Waals surface area contributed by atoms with Gasteiger partial charge in [-0.05, 0) is 37.0 Å². The number of nitrogens with one attached hydrogen (secondary N) is 1. The van der Waals surface area contributed by atoms with Gasteiger partial charge in [0.1, 0.15) is 10.8 Å². The van der Waals surface area contributed by atoms with Crippen molar-refractivity contribution >= 4 is 22.4 Å². The second-order valence-corrected chi connectivity index (χ2v) is 7.50. The molecular weight excluding hydrogens is 352 g/mol. The maximum Gasteiger partial charge on any atom is 0.240 e. The van der Waals surface area contributed by atoms with E-state index in [2.05, 4.69) is 20.4 Å². The first-order chi connectivity index (χ1) is 12.5. The SMILES string of the molecule is CCc1nnc(NC(=O)CN2CCC(O)(c3ccc(OC)cc3)CC2)s1. The van der Waals surface area contributed by atoms with Crippen molar-refractivity contribution in [2.75, 3.05) is 32.1 Å². The number of ether oxygens (including phenoxy) is 1. The number of carbonyl (C=O) groups excluding carboxylic acids is 1. The number of anilines is 1. The molecule has 1 amide bonds. The summed E-state index contributed by atoms with van der Waals surface area (Å²) in [5.41, 5.74) is 0.0393. The van der Waals surface area contributed by atoms with E-state index in [1.807, 2.05) is 31.2 Å². The smallest absolute Gasteiger partial charge is 0.240 e. The molecule has 140 valence electrons. The molecule has 1 aromatic carbocycles.